The molecule has 0 unspecified atom stereocenters. The molecule has 0 spiro atoms. The van der Waals surface area contributed by atoms with Crippen molar-refractivity contribution in [1.29, 1.82) is 0 Å². The van der Waals surface area contributed by atoms with E-state index in [0.717, 1.165) is 0 Å². The van der Waals surface area contributed by atoms with Crippen molar-refractivity contribution < 1.29 is 33.0 Å². The van der Waals surface area contributed by atoms with E-state index >= 15 is 0 Å². The molecule has 0 saturated heterocycles. The fourth-order valence-electron chi connectivity index (χ4n) is 2.07. The molecule has 0 rings (SSSR count). The van der Waals surface area contributed by atoms with Crippen LogP contribution in [-0.2, 0) is 23.8 Å². The SMILES string of the molecule is CCOC(=O)C(=CC[C@H](NC(=O)OC(C)(C)C)C(=O)OC(C)(C)C)CCCF. The van der Waals surface area contributed by atoms with Gasteiger partial charge in [0.15, 0.2) is 0 Å². The Kier molecular flexibility index (Phi) is 10.8. The van der Waals surface area contributed by atoms with E-state index in [0.29, 0.717) is 0 Å². The minimum absolute atomic E-state index is 0.0193. The lowest BCUT2D eigenvalue weighted by Crippen LogP contribution is -2.45. The summed E-state index contributed by atoms with van der Waals surface area (Å²) in [6.45, 7) is 11.5. The third-order valence-electron chi connectivity index (χ3n) is 3.10. The Morgan fingerprint density at radius 1 is 1.04 bits per heavy atom. The normalized spacial score (nSPS) is 13.5. The van der Waals surface area contributed by atoms with Gasteiger partial charge in [-0.05, 0) is 67.7 Å². The van der Waals surface area contributed by atoms with Gasteiger partial charge in [-0.15, -0.1) is 0 Å². The van der Waals surface area contributed by atoms with E-state index in [1.54, 1.807) is 48.5 Å². The van der Waals surface area contributed by atoms with Crippen LogP contribution in [0.4, 0.5) is 9.18 Å². The van der Waals surface area contributed by atoms with Gasteiger partial charge in [-0.25, -0.2) is 14.4 Å². The van der Waals surface area contributed by atoms with Crippen LogP contribution < -0.4 is 5.32 Å². The van der Waals surface area contributed by atoms with Crippen LogP contribution in [0.15, 0.2) is 11.6 Å². The summed E-state index contributed by atoms with van der Waals surface area (Å²) in [5.74, 6) is -1.24. The molecule has 1 atom stereocenters. The molecule has 162 valence electrons. The average molecular weight is 403 g/mol. The molecule has 0 bridgehead atoms. The van der Waals surface area contributed by atoms with Crippen LogP contribution in [0.2, 0.25) is 0 Å². The molecule has 0 aromatic rings. The molecule has 0 fully saturated rings. The van der Waals surface area contributed by atoms with Crippen LogP contribution in [0.5, 0.6) is 0 Å². The van der Waals surface area contributed by atoms with Gasteiger partial charge in [0, 0.05) is 5.57 Å². The Morgan fingerprint density at radius 2 is 1.61 bits per heavy atom. The fourth-order valence-corrected chi connectivity index (χ4v) is 2.07. The van der Waals surface area contributed by atoms with E-state index < -0.39 is 42.0 Å². The largest absolute Gasteiger partial charge is 0.463 e. The summed E-state index contributed by atoms with van der Waals surface area (Å²) in [4.78, 5) is 36.6. The summed E-state index contributed by atoms with van der Waals surface area (Å²) >= 11 is 0. The number of nitrogens with one attached hydrogen (secondary N) is 1. The van der Waals surface area contributed by atoms with Crippen LogP contribution >= 0.6 is 0 Å². The van der Waals surface area contributed by atoms with Gasteiger partial charge < -0.3 is 19.5 Å². The molecule has 0 aliphatic rings. The highest BCUT2D eigenvalue weighted by Crippen LogP contribution is 2.15. The van der Waals surface area contributed by atoms with E-state index in [1.165, 1.54) is 6.08 Å². The van der Waals surface area contributed by atoms with Crippen LogP contribution in [-0.4, -0.2) is 48.6 Å². The molecule has 0 aromatic heterocycles. The van der Waals surface area contributed by atoms with Gasteiger partial charge in [0.1, 0.15) is 17.2 Å². The first-order valence-electron chi connectivity index (χ1n) is 9.43. The van der Waals surface area contributed by atoms with Crippen molar-refractivity contribution in [3.8, 4) is 0 Å². The minimum Gasteiger partial charge on any atom is -0.463 e. The number of hydrogen-bond donors (Lipinski definition) is 1. The Balaban J connectivity index is 5.42. The standard InChI is InChI=1S/C20H34FNO6/c1-8-26-16(23)14(10-9-13-21)11-12-15(17(24)27-19(2,3)4)22-18(25)28-20(5,6)7/h11,15H,8-10,12-13H2,1-7H3,(H,22,25)/t15-/m0/s1. The van der Waals surface area contributed by atoms with Crippen molar-refractivity contribution in [3.63, 3.8) is 0 Å². The Hall–Kier alpha value is -2.12. The molecule has 0 saturated carbocycles. The first-order valence-corrected chi connectivity index (χ1v) is 9.43. The van der Waals surface area contributed by atoms with Crippen molar-refractivity contribution in [2.24, 2.45) is 0 Å². The third-order valence-corrected chi connectivity index (χ3v) is 3.10. The molecule has 0 aliphatic carbocycles. The third kappa shape index (κ3) is 12.3. The number of alkyl halides is 1. The number of alkyl carbamates (subject to hydrolysis) is 1. The maximum Gasteiger partial charge on any atom is 0.408 e. The number of carbonyl (C=O) groups is 3. The number of carbonyl (C=O) groups excluding carboxylic acids is 3. The number of hydrogen-bond acceptors (Lipinski definition) is 6. The first-order chi connectivity index (χ1) is 12.8. The van der Waals surface area contributed by atoms with E-state index in [-0.39, 0.29) is 31.4 Å². The second-order valence-corrected chi connectivity index (χ2v) is 8.21. The highest BCUT2D eigenvalue weighted by molar-refractivity contribution is 5.88. The van der Waals surface area contributed by atoms with E-state index in [4.69, 9.17) is 14.2 Å². The van der Waals surface area contributed by atoms with Gasteiger partial charge >= 0.3 is 18.0 Å². The smallest absolute Gasteiger partial charge is 0.408 e. The second kappa shape index (κ2) is 11.7. The van der Waals surface area contributed by atoms with E-state index in [1.807, 2.05) is 0 Å². The zero-order valence-electron chi connectivity index (χ0n) is 18.0. The Labute approximate surface area is 167 Å². The van der Waals surface area contributed by atoms with E-state index in [9.17, 15) is 18.8 Å². The molecule has 28 heavy (non-hydrogen) atoms. The Morgan fingerprint density at radius 3 is 2.07 bits per heavy atom. The number of halogens is 1. The topological polar surface area (TPSA) is 90.9 Å². The number of esters is 2. The van der Waals surface area contributed by atoms with Gasteiger partial charge in [-0.1, -0.05) is 6.08 Å². The molecule has 0 aromatic carbocycles. The first kappa shape index (κ1) is 25.9. The summed E-state index contributed by atoms with van der Waals surface area (Å²) < 4.78 is 28.0. The van der Waals surface area contributed by atoms with Crippen molar-refractivity contribution in [2.75, 3.05) is 13.3 Å². The second-order valence-electron chi connectivity index (χ2n) is 8.21. The highest BCUT2D eigenvalue weighted by atomic mass is 19.1. The van der Waals surface area contributed by atoms with Gasteiger partial charge in [0.25, 0.3) is 0 Å². The monoisotopic (exact) mass is 403 g/mol. The molecule has 0 radical (unpaired) electrons. The maximum atomic E-state index is 12.5. The molecular weight excluding hydrogens is 369 g/mol. The van der Waals surface area contributed by atoms with Gasteiger partial charge in [0.2, 0.25) is 0 Å². The number of rotatable bonds is 9. The van der Waals surface area contributed by atoms with E-state index in [2.05, 4.69) is 5.32 Å². The lowest BCUT2D eigenvalue weighted by Gasteiger charge is -2.26. The molecule has 1 amide bonds. The average Bonchev–Trinajstić information content (AvgIpc) is 2.50. The van der Waals surface area contributed by atoms with Crippen LogP contribution in [0.3, 0.4) is 0 Å². The maximum absolute atomic E-state index is 12.5. The predicted octanol–water partition coefficient (Wildman–Crippen LogP) is 3.85. The summed E-state index contributed by atoms with van der Waals surface area (Å²) in [7, 11) is 0. The summed E-state index contributed by atoms with van der Waals surface area (Å²) in [5, 5.41) is 2.47. The van der Waals surface area contributed by atoms with Gasteiger partial charge in [-0.3, -0.25) is 4.39 Å². The summed E-state index contributed by atoms with van der Waals surface area (Å²) in [6.07, 6.45) is 0.997. The quantitative estimate of drug-likeness (QED) is 0.357. The van der Waals surface area contributed by atoms with Crippen LogP contribution in [0.1, 0.15) is 67.7 Å². The van der Waals surface area contributed by atoms with Crippen LogP contribution in [0.25, 0.3) is 0 Å². The Bertz CT molecular complexity index is 560. The molecule has 0 heterocycles. The predicted molar refractivity (Wildman–Crippen MR) is 104 cm³/mol. The lowest BCUT2D eigenvalue weighted by molar-refractivity contribution is -0.157. The number of ether oxygens (including phenoxy) is 3. The highest BCUT2D eigenvalue weighted by Gasteiger charge is 2.28. The summed E-state index contributed by atoms with van der Waals surface area (Å²) in [6, 6.07) is -1.07. The van der Waals surface area contributed by atoms with Gasteiger partial charge in [-0.2, -0.15) is 0 Å². The van der Waals surface area contributed by atoms with Crippen molar-refractivity contribution in [3.05, 3.63) is 11.6 Å². The zero-order valence-corrected chi connectivity index (χ0v) is 18.0. The minimum atomic E-state index is -1.07. The van der Waals surface area contributed by atoms with Gasteiger partial charge in [0.05, 0.1) is 13.3 Å². The van der Waals surface area contributed by atoms with Crippen molar-refractivity contribution >= 4 is 18.0 Å². The molecule has 7 nitrogen and oxygen atoms in total. The fraction of sp³-hybridized carbons (Fsp3) is 0.750. The summed E-state index contributed by atoms with van der Waals surface area (Å²) in [5.41, 5.74) is -1.25. The van der Waals surface area contributed by atoms with Crippen LogP contribution in [0, 0.1) is 0 Å². The molecule has 0 aliphatic heterocycles. The molecular formula is C20H34FNO6. The van der Waals surface area contributed by atoms with Crippen molar-refractivity contribution in [2.45, 2.75) is 85.0 Å². The molecule has 8 heteroatoms. The van der Waals surface area contributed by atoms with Crippen molar-refractivity contribution in [1.82, 2.24) is 5.32 Å². The number of amides is 1. The molecule has 1 N–H and O–H groups in total. The zero-order chi connectivity index (χ0) is 22.0. The lowest BCUT2D eigenvalue weighted by atomic mass is 10.1.